The van der Waals surface area contributed by atoms with Gasteiger partial charge in [-0.3, -0.25) is 4.79 Å². The summed E-state index contributed by atoms with van der Waals surface area (Å²) < 4.78 is 0. The number of carbonyl (C=O) groups is 2. The summed E-state index contributed by atoms with van der Waals surface area (Å²) in [7, 11) is 0. The maximum Gasteiger partial charge on any atom is 0.407 e. The highest BCUT2D eigenvalue weighted by atomic mass is 16.4. The van der Waals surface area contributed by atoms with Crippen molar-refractivity contribution in [3.63, 3.8) is 0 Å². The van der Waals surface area contributed by atoms with Crippen molar-refractivity contribution in [1.29, 1.82) is 0 Å². The molecule has 2 rings (SSSR count). The first-order valence-corrected chi connectivity index (χ1v) is 6.54. The van der Waals surface area contributed by atoms with Gasteiger partial charge in [-0.2, -0.15) is 0 Å². The van der Waals surface area contributed by atoms with Crippen LogP contribution in [0.1, 0.15) is 23.2 Å². The van der Waals surface area contributed by atoms with Gasteiger partial charge in [-0.1, -0.05) is 0 Å². The Bertz CT molecular complexity index is 498. The Labute approximate surface area is 116 Å². The molecule has 0 unspecified atom stereocenters. The number of hydrogen-bond donors (Lipinski definition) is 3. The number of carboxylic acid groups (broad SMARTS) is 1. The Kier molecular flexibility index (Phi) is 4.39. The Morgan fingerprint density at radius 3 is 2.75 bits per heavy atom. The number of piperidine rings is 1. The molecule has 0 aromatic carbocycles. The largest absolute Gasteiger partial charge is 0.465 e. The maximum absolute atomic E-state index is 11.9. The number of hydrogen-bond acceptors (Lipinski definition) is 4. The van der Waals surface area contributed by atoms with Crippen molar-refractivity contribution in [1.82, 2.24) is 15.2 Å². The predicted octanol–water partition coefficient (Wildman–Crippen LogP) is 0.784. The fraction of sp³-hybridized carbons (Fsp3) is 0.462. The molecule has 4 N–H and O–H groups in total. The second-order valence-corrected chi connectivity index (χ2v) is 4.86. The average Bonchev–Trinajstić information content (AvgIpc) is 2.45. The smallest absolute Gasteiger partial charge is 0.407 e. The first-order chi connectivity index (χ1) is 9.58. The summed E-state index contributed by atoms with van der Waals surface area (Å²) in [6.07, 6.45) is 2.17. The van der Waals surface area contributed by atoms with Gasteiger partial charge in [0.25, 0.3) is 5.91 Å². The van der Waals surface area contributed by atoms with Gasteiger partial charge in [0, 0.05) is 25.8 Å². The van der Waals surface area contributed by atoms with Crippen molar-refractivity contribution in [3.8, 4) is 0 Å². The number of amides is 2. The number of nitrogens with zero attached hydrogens (tertiary/aromatic N) is 2. The van der Waals surface area contributed by atoms with Crippen molar-refractivity contribution in [2.45, 2.75) is 12.8 Å². The van der Waals surface area contributed by atoms with Crippen LogP contribution in [-0.4, -0.2) is 46.6 Å². The summed E-state index contributed by atoms with van der Waals surface area (Å²) in [6, 6.07) is 3.29. The number of rotatable bonds is 3. The standard InChI is InChI=1S/C13H18N4O3/c14-11-10(2-1-5-15-11)12(18)16-8-9-3-6-17(7-4-9)13(19)20/h1-2,5,9H,3-4,6-8H2,(H2,14,15)(H,16,18)(H,19,20). The second-order valence-electron chi connectivity index (χ2n) is 4.86. The molecule has 108 valence electrons. The summed E-state index contributed by atoms with van der Waals surface area (Å²) in [6.45, 7) is 1.57. The van der Waals surface area contributed by atoms with E-state index in [1.165, 1.54) is 11.1 Å². The van der Waals surface area contributed by atoms with Crippen LogP contribution < -0.4 is 11.1 Å². The highest BCUT2D eigenvalue weighted by molar-refractivity contribution is 5.98. The normalized spacial score (nSPS) is 15.9. The van der Waals surface area contributed by atoms with Gasteiger partial charge in [-0.15, -0.1) is 0 Å². The number of nitrogens with two attached hydrogens (primary N) is 1. The van der Waals surface area contributed by atoms with Crippen LogP contribution in [0.15, 0.2) is 18.3 Å². The number of nitrogen functional groups attached to an aromatic ring is 1. The lowest BCUT2D eigenvalue weighted by Crippen LogP contribution is -2.41. The van der Waals surface area contributed by atoms with Crippen LogP contribution in [0.5, 0.6) is 0 Å². The van der Waals surface area contributed by atoms with Crippen LogP contribution in [0, 0.1) is 5.92 Å². The minimum atomic E-state index is -0.879. The van der Waals surface area contributed by atoms with Gasteiger partial charge in [0.1, 0.15) is 5.82 Å². The molecule has 1 aliphatic rings. The lowest BCUT2D eigenvalue weighted by Gasteiger charge is -2.29. The van der Waals surface area contributed by atoms with E-state index >= 15 is 0 Å². The van der Waals surface area contributed by atoms with Gasteiger partial charge in [0.15, 0.2) is 0 Å². The van der Waals surface area contributed by atoms with Gasteiger partial charge >= 0.3 is 6.09 Å². The van der Waals surface area contributed by atoms with E-state index in [1.807, 2.05) is 0 Å². The predicted molar refractivity (Wildman–Crippen MR) is 73.3 cm³/mol. The summed E-state index contributed by atoms with van der Waals surface area (Å²) in [4.78, 5) is 28.0. The van der Waals surface area contributed by atoms with Crippen molar-refractivity contribution < 1.29 is 14.7 Å². The summed E-state index contributed by atoms with van der Waals surface area (Å²) >= 11 is 0. The molecular weight excluding hydrogens is 260 g/mol. The zero-order valence-corrected chi connectivity index (χ0v) is 11.1. The zero-order chi connectivity index (χ0) is 14.5. The zero-order valence-electron chi connectivity index (χ0n) is 11.1. The van der Waals surface area contributed by atoms with Crippen LogP contribution in [-0.2, 0) is 0 Å². The molecule has 0 atom stereocenters. The number of aromatic nitrogens is 1. The third-order valence-electron chi connectivity index (χ3n) is 3.52. The average molecular weight is 278 g/mol. The molecule has 0 saturated carbocycles. The van der Waals surface area contributed by atoms with E-state index in [2.05, 4.69) is 10.3 Å². The Morgan fingerprint density at radius 2 is 2.15 bits per heavy atom. The van der Waals surface area contributed by atoms with E-state index in [0.29, 0.717) is 31.1 Å². The molecular formula is C13H18N4O3. The van der Waals surface area contributed by atoms with Crippen LogP contribution in [0.25, 0.3) is 0 Å². The van der Waals surface area contributed by atoms with Crippen molar-refractivity contribution in [3.05, 3.63) is 23.9 Å². The summed E-state index contributed by atoms with van der Waals surface area (Å²) in [5.74, 6) is 0.273. The van der Waals surface area contributed by atoms with Crippen LogP contribution in [0.2, 0.25) is 0 Å². The van der Waals surface area contributed by atoms with Crippen LogP contribution >= 0.6 is 0 Å². The molecule has 0 spiro atoms. The fourth-order valence-corrected chi connectivity index (χ4v) is 2.27. The van der Waals surface area contributed by atoms with Crippen molar-refractivity contribution in [2.24, 2.45) is 5.92 Å². The molecule has 0 aliphatic carbocycles. The van der Waals surface area contributed by atoms with Crippen LogP contribution in [0.4, 0.5) is 10.6 Å². The number of anilines is 1. The van der Waals surface area contributed by atoms with E-state index in [1.54, 1.807) is 12.1 Å². The van der Waals surface area contributed by atoms with E-state index in [-0.39, 0.29) is 11.7 Å². The minimum Gasteiger partial charge on any atom is -0.465 e. The molecule has 2 heterocycles. The van der Waals surface area contributed by atoms with Crippen molar-refractivity contribution in [2.75, 3.05) is 25.4 Å². The number of nitrogens with one attached hydrogen (secondary N) is 1. The number of likely N-dealkylation sites (tertiary alicyclic amines) is 1. The van der Waals surface area contributed by atoms with E-state index in [4.69, 9.17) is 10.8 Å². The first-order valence-electron chi connectivity index (χ1n) is 6.54. The van der Waals surface area contributed by atoms with E-state index < -0.39 is 6.09 Å². The summed E-state index contributed by atoms with van der Waals surface area (Å²) in [5, 5.41) is 11.7. The third-order valence-corrected chi connectivity index (χ3v) is 3.52. The highest BCUT2D eigenvalue weighted by Crippen LogP contribution is 2.16. The molecule has 1 saturated heterocycles. The molecule has 7 heteroatoms. The second kappa shape index (κ2) is 6.23. The van der Waals surface area contributed by atoms with Gasteiger partial charge in [0.2, 0.25) is 0 Å². The summed E-state index contributed by atoms with van der Waals surface area (Å²) in [5.41, 5.74) is 6.01. The quantitative estimate of drug-likeness (QED) is 0.757. The molecule has 20 heavy (non-hydrogen) atoms. The molecule has 2 amide bonds. The number of pyridine rings is 1. The Hall–Kier alpha value is -2.31. The highest BCUT2D eigenvalue weighted by Gasteiger charge is 2.22. The van der Waals surface area contributed by atoms with Gasteiger partial charge in [-0.25, -0.2) is 9.78 Å². The SMILES string of the molecule is Nc1ncccc1C(=O)NCC1CCN(C(=O)O)CC1. The third kappa shape index (κ3) is 3.37. The van der Waals surface area contributed by atoms with Gasteiger partial charge in [-0.05, 0) is 30.9 Å². The van der Waals surface area contributed by atoms with Crippen LogP contribution in [0.3, 0.4) is 0 Å². The molecule has 0 radical (unpaired) electrons. The molecule has 1 aromatic rings. The van der Waals surface area contributed by atoms with Gasteiger partial charge in [0.05, 0.1) is 5.56 Å². The molecule has 1 fully saturated rings. The van der Waals surface area contributed by atoms with Crippen molar-refractivity contribution >= 4 is 17.8 Å². The lowest BCUT2D eigenvalue weighted by molar-refractivity contribution is 0.0929. The molecule has 1 aliphatic heterocycles. The monoisotopic (exact) mass is 278 g/mol. The maximum atomic E-state index is 11.9. The Balaban J connectivity index is 1.80. The molecule has 0 bridgehead atoms. The fourth-order valence-electron chi connectivity index (χ4n) is 2.27. The minimum absolute atomic E-state index is 0.214. The topological polar surface area (TPSA) is 109 Å². The first kappa shape index (κ1) is 14.1. The van der Waals surface area contributed by atoms with Gasteiger partial charge < -0.3 is 21.1 Å². The Morgan fingerprint density at radius 1 is 1.45 bits per heavy atom. The molecule has 1 aromatic heterocycles. The lowest BCUT2D eigenvalue weighted by atomic mass is 9.97. The molecule has 7 nitrogen and oxygen atoms in total. The van der Waals surface area contributed by atoms with E-state index in [0.717, 1.165) is 12.8 Å². The number of carbonyl (C=O) groups excluding carboxylic acids is 1. The van der Waals surface area contributed by atoms with E-state index in [9.17, 15) is 9.59 Å².